The molecule has 1 atom stereocenters. The molecule has 1 aliphatic rings. The molecule has 0 spiro atoms. The fourth-order valence-electron chi connectivity index (χ4n) is 3.25. The normalized spacial score (nSPS) is 18.5. The summed E-state index contributed by atoms with van der Waals surface area (Å²) in [4.78, 5) is 37.3. The van der Waals surface area contributed by atoms with E-state index in [4.69, 9.17) is 5.11 Å². The van der Waals surface area contributed by atoms with E-state index in [2.05, 4.69) is 0 Å². The molecule has 1 heterocycles. The van der Waals surface area contributed by atoms with Gasteiger partial charge in [0.15, 0.2) is 0 Å². The Morgan fingerprint density at radius 1 is 1.00 bits per heavy atom. The number of hydrogen-bond donors (Lipinski definition) is 2. The molecule has 2 N–H and O–H groups in total. The highest BCUT2D eigenvalue weighted by Gasteiger charge is 2.45. The molecule has 0 bridgehead atoms. The Hall–Kier alpha value is -3.48. The average Bonchev–Trinajstić information content (AvgIpc) is 2.93. The topological polar surface area (TPSA) is 94.9 Å². The number of amides is 1. The molecule has 7 heteroatoms. The summed E-state index contributed by atoms with van der Waals surface area (Å²) in [5.41, 5.74) is 0.727. The molecule has 2 aromatic rings. The number of benzene rings is 2. The number of hydrogen-bond acceptors (Lipinski definition) is 4. The molecule has 1 amide bonds. The smallest absolute Gasteiger partial charge is 0.303 e. The second kappa shape index (κ2) is 8.04. The second-order valence-corrected chi connectivity index (χ2v) is 6.41. The maximum atomic E-state index is 13.4. The van der Waals surface area contributed by atoms with Gasteiger partial charge in [-0.15, -0.1) is 0 Å². The number of nitrogens with zero attached hydrogens (tertiary/aromatic N) is 1. The molecule has 1 fully saturated rings. The molecule has 1 unspecified atom stereocenters. The van der Waals surface area contributed by atoms with Gasteiger partial charge in [-0.25, -0.2) is 4.39 Å². The average molecular weight is 383 g/mol. The van der Waals surface area contributed by atoms with Gasteiger partial charge in [-0.2, -0.15) is 0 Å². The van der Waals surface area contributed by atoms with E-state index in [0.717, 1.165) is 0 Å². The number of carboxylic acid groups (broad SMARTS) is 1. The van der Waals surface area contributed by atoms with Crippen molar-refractivity contribution < 1.29 is 29.0 Å². The van der Waals surface area contributed by atoms with Crippen LogP contribution in [0.2, 0.25) is 0 Å². The molecular formula is C21H18FNO5. The van der Waals surface area contributed by atoms with E-state index in [1.54, 1.807) is 30.3 Å². The molecule has 1 aliphatic heterocycles. The summed E-state index contributed by atoms with van der Waals surface area (Å²) < 4.78 is 13.4. The minimum Gasteiger partial charge on any atom is -0.507 e. The highest BCUT2D eigenvalue weighted by Crippen LogP contribution is 2.39. The molecule has 3 rings (SSSR count). The number of ketones is 1. The fraction of sp³-hybridized carbons (Fsp3) is 0.190. The first-order valence-electron chi connectivity index (χ1n) is 8.71. The molecule has 144 valence electrons. The molecular weight excluding hydrogens is 365 g/mol. The molecule has 1 saturated heterocycles. The maximum Gasteiger partial charge on any atom is 0.303 e. The van der Waals surface area contributed by atoms with Crippen molar-refractivity contribution in [2.45, 2.75) is 18.9 Å². The highest BCUT2D eigenvalue weighted by molar-refractivity contribution is 6.46. The van der Waals surface area contributed by atoms with Crippen LogP contribution in [0.1, 0.15) is 30.0 Å². The fourth-order valence-corrected chi connectivity index (χ4v) is 3.25. The number of likely N-dealkylation sites (tertiary alicyclic amines) is 1. The largest absolute Gasteiger partial charge is 0.507 e. The van der Waals surface area contributed by atoms with Crippen LogP contribution in [-0.2, 0) is 14.4 Å². The molecule has 28 heavy (non-hydrogen) atoms. The number of aliphatic carboxylic acids is 1. The lowest BCUT2D eigenvalue weighted by Gasteiger charge is -2.25. The lowest BCUT2D eigenvalue weighted by molar-refractivity contribution is -0.140. The molecule has 2 aromatic carbocycles. The van der Waals surface area contributed by atoms with Crippen molar-refractivity contribution >= 4 is 23.4 Å². The number of aliphatic hydroxyl groups excluding tert-OH is 1. The van der Waals surface area contributed by atoms with Gasteiger partial charge in [-0.05, 0) is 24.1 Å². The minimum absolute atomic E-state index is 0.0183. The maximum absolute atomic E-state index is 13.4. The number of carbonyl (C=O) groups is 3. The predicted molar refractivity (Wildman–Crippen MR) is 98.7 cm³/mol. The van der Waals surface area contributed by atoms with E-state index in [9.17, 15) is 23.9 Å². The Labute approximate surface area is 160 Å². The van der Waals surface area contributed by atoms with Gasteiger partial charge in [-0.1, -0.05) is 42.5 Å². The van der Waals surface area contributed by atoms with Gasteiger partial charge in [0.05, 0.1) is 11.6 Å². The molecule has 0 aromatic heterocycles. The first-order chi connectivity index (χ1) is 13.4. The summed E-state index contributed by atoms with van der Waals surface area (Å²) >= 11 is 0. The van der Waals surface area contributed by atoms with Gasteiger partial charge in [-0.3, -0.25) is 14.4 Å². The van der Waals surface area contributed by atoms with Crippen molar-refractivity contribution in [2.75, 3.05) is 6.54 Å². The van der Waals surface area contributed by atoms with Crippen LogP contribution < -0.4 is 0 Å². The zero-order valence-corrected chi connectivity index (χ0v) is 14.8. The van der Waals surface area contributed by atoms with Gasteiger partial charge in [0.1, 0.15) is 11.6 Å². The van der Waals surface area contributed by atoms with Crippen molar-refractivity contribution in [3.63, 3.8) is 0 Å². The van der Waals surface area contributed by atoms with Gasteiger partial charge < -0.3 is 15.1 Å². The van der Waals surface area contributed by atoms with E-state index in [1.165, 1.54) is 29.2 Å². The number of halogens is 1. The van der Waals surface area contributed by atoms with Gasteiger partial charge in [0, 0.05) is 18.5 Å². The highest BCUT2D eigenvalue weighted by atomic mass is 19.1. The first-order valence-corrected chi connectivity index (χ1v) is 8.71. The van der Waals surface area contributed by atoms with Gasteiger partial charge >= 0.3 is 5.97 Å². The standard InChI is InChI=1S/C21H18FNO5/c22-15-10-8-13(9-11-15)18-17(19(26)14-5-2-1-3-6-14)20(27)21(28)23(18)12-4-7-16(24)25/h1-3,5-6,8-11,18,26H,4,7,12H2,(H,24,25)/b19-17+. The van der Waals surface area contributed by atoms with Crippen molar-refractivity contribution in [3.05, 3.63) is 77.1 Å². The lowest BCUT2D eigenvalue weighted by atomic mass is 9.95. The van der Waals surface area contributed by atoms with Crippen LogP contribution in [0.15, 0.2) is 60.2 Å². The number of rotatable bonds is 6. The third kappa shape index (κ3) is 3.78. The van der Waals surface area contributed by atoms with Gasteiger partial charge in [0.2, 0.25) is 0 Å². The Morgan fingerprint density at radius 3 is 2.25 bits per heavy atom. The van der Waals surface area contributed by atoms with Crippen LogP contribution in [0.3, 0.4) is 0 Å². The van der Waals surface area contributed by atoms with Gasteiger partial charge in [0.25, 0.3) is 11.7 Å². The van der Waals surface area contributed by atoms with E-state index < -0.39 is 29.5 Å². The quantitative estimate of drug-likeness (QED) is 0.454. The third-order valence-electron chi connectivity index (χ3n) is 4.56. The van der Waals surface area contributed by atoms with Crippen molar-refractivity contribution in [3.8, 4) is 0 Å². The Morgan fingerprint density at radius 2 is 1.64 bits per heavy atom. The number of carboxylic acids is 1. The van der Waals surface area contributed by atoms with E-state index in [0.29, 0.717) is 11.1 Å². The summed E-state index contributed by atoms with van der Waals surface area (Å²) in [6.45, 7) is 0.0183. The zero-order valence-electron chi connectivity index (χ0n) is 14.8. The van der Waals surface area contributed by atoms with Crippen LogP contribution in [-0.4, -0.2) is 39.3 Å². The molecule has 0 radical (unpaired) electrons. The van der Waals surface area contributed by atoms with E-state index in [-0.39, 0.29) is 30.7 Å². The van der Waals surface area contributed by atoms with Crippen LogP contribution in [0.25, 0.3) is 5.76 Å². The third-order valence-corrected chi connectivity index (χ3v) is 4.56. The lowest BCUT2D eigenvalue weighted by Crippen LogP contribution is -2.31. The molecule has 6 nitrogen and oxygen atoms in total. The van der Waals surface area contributed by atoms with Crippen LogP contribution >= 0.6 is 0 Å². The van der Waals surface area contributed by atoms with E-state index >= 15 is 0 Å². The summed E-state index contributed by atoms with van der Waals surface area (Å²) in [6.07, 6.45) is -0.0246. The number of aliphatic hydroxyl groups is 1. The second-order valence-electron chi connectivity index (χ2n) is 6.41. The van der Waals surface area contributed by atoms with Crippen LogP contribution in [0.4, 0.5) is 4.39 Å². The Balaban J connectivity index is 2.08. The number of carbonyl (C=O) groups excluding carboxylic acids is 2. The minimum atomic E-state index is -1.01. The zero-order chi connectivity index (χ0) is 20.3. The monoisotopic (exact) mass is 383 g/mol. The Bertz CT molecular complexity index is 937. The molecule has 0 aliphatic carbocycles. The summed E-state index contributed by atoms with van der Waals surface area (Å²) in [5.74, 6) is -3.49. The summed E-state index contributed by atoms with van der Waals surface area (Å²) in [7, 11) is 0. The first kappa shape index (κ1) is 19.3. The predicted octanol–water partition coefficient (Wildman–Crippen LogP) is 3.11. The molecule has 0 saturated carbocycles. The summed E-state index contributed by atoms with van der Waals surface area (Å²) in [5, 5.41) is 19.6. The Kier molecular flexibility index (Phi) is 5.54. The van der Waals surface area contributed by atoms with E-state index in [1.807, 2.05) is 0 Å². The van der Waals surface area contributed by atoms with Crippen LogP contribution in [0.5, 0.6) is 0 Å². The van der Waals surface area contributed by atoms with Crippen molar-refractivity contribution in [1.82, 2.24) is 4.90 Å². The SMILES string of the molecule is O=C(O)CCCN1C(=O)C(=O)/C(=C(/O)c2ccccc2)C1c1ccc(F)cc1. The van der Waals surface area contributed by atoms with Crippen molar-refractivity contribution in [2.24, 2.45) is 0 Å². The van der Waals surface area contributed by atoms with Crippen LogP contribution in [0, 0.1) is 5.82 Å². The van der Waals surface area contributed by atoms with Crippen molar-refractivity contribution in [1.29, 1.82) is 0 Å². The number of Topliss-reactive ketones (excluding diaryl/α,β-unsaturated/α-hetero) is 1. The summed E-state index contributed by atoms with van der Waals surface area (Å²) in [6, 6.07) is 12.7.